The summed E-state index contributed by atoms with van der Waals surface area (Å²) in [5.41, 5.74) is 0.465. The summed E-state index contributed by atoms with van der Waals surface area (Å²) < 4.78 is 18.2. The van der Waals surface area contributed by atoms with Crippen LogP contribution in [0.25, 0.3) is 0 Å². The molecule has 1 amide bonds. The first-order valence-electron chi connectivity index (χ1n) is 5.67. The maximum atomic E-state index is 13.4. The highest BCUT2D eigenvalue weighted by Crippen LogP contribution is 2.18. The number of hydrogen-bond acceptors (Lipinski definition) is 3. The number of halogens is 1. The van der Waals surface area contributed by atoms with E-state index < -0.39 is 17.8 Å². The molecule has 0 aliphatic heterocycles. The summed E-state index contributed by atoms with van der Waals surface area (Å²) in [6.45, 7) is 1.41. The summed E-state index contributed by atoms with van der Waals surface area (Å²) in [4.78, 5) is 23.7. The molecule has 1 aromatic rings. The number of carboxylic acids is 1. The van der Waals surface area contributed by atoms with Gasteiger partial charge in [-0.15, -0.1) is 0 Å². The van der Waals surface area contributed by atoms with Gasteiger partial charge in [0.2, 0.25) is 5.91 Å². The van der Waals surface area contributed by atoms with E-state index in [0.717, 1.165) is 4.90 Å². The highest BCUT2D eigenvalue weighted by atomic mass is 19.1. The van der Waals surface area contributed by atoms with Crippen LogP contribution in [0.2, 0.25) is 0 Å². The van der Waals surface area contributed by atoms with Gasteiger partial charge in [0, 0.05) is 7.05 Å². The molecule has 1 rings (SSSR count). The third-order valence-electron chi connectivity index (χ3n) is 2.90. The number of aliphatic carboxylic acids is 1. The minimum Gasteiger partial charge on any atom is -0.494 e. The zero-order chi connectivity index (χ0) is 14.6. The van der Waals surface area contributed by atoms with Gasteiger partial charge in [-0.3, -0.25) is 4.79 Å². The fourth-order valence-electron chi connectivity index (χ4n) is 1.50. The van der Waals surface area contributed by atoms with E-state index in [1.165, 1.54) is 33.2 Å². The van der Waals surface area contributed by atoms with Gasteiger partial charge >= 0.3 is 5.97 Å². The lowest BCUT2D eigenvalue weighted by atomic mass is 10.1. The van der Waals surface area contributed by atoms with Crippen LogP contribution in [-0.4, -0.2) is 42.1 Å². The van der Waals surface area contributed by atoms with Crippen molar-refractivity contribution in [1.82, 2.24) is 4.90 Å². The van der Waals surface area contributed by atoms with Gasteiger partial charge in [-0.2, -0.15) is 0 Å². The van der Waals surface area contributed by atoms with Gasteiger partial charge in [-0.05, 0) is 24.6 Å². The number of rotatable bonds is 5. The van der Waals surface area contributed by atoms with Gasteiger partial charge in [0.05, 0.1) is 13.5 Å². The molecule has 1 unspecified atom stereocenters. The average Bonchev–Trinajstić information content (AvgIpc) is 2.37. The molecule has 0 spiro atoms. The molecular formula is C13H16FNO4. The van der Waals surface area contributed by atoms with Crippen LogP contribution in [0.3, 0.4) is 0 Å². The summed E-state index contributed by atoms with van der Waals surface area (Å²) in [6.07, 6.45) is -0.0605. The molecule has 5 nitrogen and oxygen atoms in total. The molecule has 0 aliphatic carbocycles. The van der Waals surface area contributed by atoms with Crippen molar-refractivity contribution in [2.75, 3.05) is 14.2 Å². The number of likely N-dealkylation sites (N-methyl/N-ethyl adjacent to an activating group) is 1. The summed E-state index contributed by atoms with van der Waals surface area (Å²) in [5, 5.41) is 8.81. The number of benzene rings is 1. The highest BCUT2D eigenvalue weighted by molar-refractivity contribution is 5.84. The smallest absolute Gasteiger partial charge is 0.326 e. The number of amides is 1. The molecule has 0 radical (unpaired) electrons. The Kier molecular flexibility index (Phi) is 4.86. The largest absolute Gasteiger partial charge is 0.494 e. The van der Waals surface area contributed by atoms with E-state index in [1.807, 2.05) is 0 Å². The van der Waals surface area contributed by atoms with E-state index in [4.69, 9.17) is 9.84 Å². The van der Waals surface area contributed by atoms with E-state index in [1.54, 1.807) is 6.07 Å². The zero-order valence-corrected chi connectivity index (χ0v) is 11.0. The van der Waals surface area contributed by atoms with Crippen molar-refractivity contribution in [1.29, 1.82) is 0 Å². The van der Waals surface area contributed by atoms with Gasteiger partial charge < -0.3 is 14.7 Å². The molecule has 0 aromatic heterocycles. The molecule has 1 N–H and O–H groups in total. The molecular weight excluding hydrogens is 253 g/mol. The second-order valence-electron chi connectivity index (χ2n) is 4.16. The SMILES string of the molecule is COc1ccc(CC(=O)N(C)C(C)C(=O)O)cc1F. The average molecular weight is 269 g/mol. The Balaban J connectivity index is 2.77. The topological polar surface area (TPSA) is 66.8 Å². The van der Waals surface area contributed by atoms with Crippen molar-refractivity contribution in [3.05, 3.63) is 29.6 Å². The van der Waals surface area contributed by atoms with Gasteiger partial charge in [-0.1, -0.05) is 6.07 Å². The number of nitrogens with zero attached hydrogens (tertiary/aromatic N) is 1. The Labute approximate surface area is 110 Å². The monoisotopic (exact) mass is 269 g/mol. The first kappa shape index (κ1) is 14.9. The third kappa shape index (κ3) is 3.67. The Morgan fingerprint density at radius 1 is 1.47 bits per heavy atom. The van der Waals surface area contributed by atoms with Crippen molar-refractivity contribution < 1.29 is 23.8 Å². The zero-order valence-electron chi connectivity index (χ0n) is 11.0. The van der Waals surface area contributed by atoms with Crippen molar-refractivity contribution in [3.8, 4) is 5.75 Å². The quantitative estimate of drug-likeness (QED) is 0.875. The fraction of sp³-hybridized carbons (Fsp3) is 0.385. The van der Waals surface area contributed by atoms with Crippen LogP contribution in [-0.2, 0) is 16.0 Å². The Bertz CT molecular complexity index is 490. The lowest BCUT2D eigenvalue weighted by Gasteiger charge is -2.21. The molecule has 0 bridgehead atoms. The summed E-state index contributed by atoms with van der Waals surface area (Å²) >= 11 is 0. The van der Waals surface area contributed by atoms with Crippen molar-refractivity contribution in [2.45, 2.75) is 19.4 Å². The summed E-state index contributed by atoms with van der Waals surface area (Å²) in [5.74, 6) is -1.93. The van der Waals surface area contributed by atoms with Gasteiger partial charge in [-0.25, -0.2) is 9.18 Å². The standard InChI is InChI=1S/C13H16FNO4/c1-8(13(17)18)15(2)12(16)7-9-4-5-11(19-3)10(14)6-9/h4-6,8H,7H2,1-3H3,(H,17,18). The van der Waals surface area contributed by atoms with Gasteiger partial charge in [0.15, 0.2) is 11.6 Å². The Morgan fingerprint density at radius 2 is 2.11 bits per heavy atom. The van der Waals surface area contributed by atoms with Crippen LogP contribution in [0.1, 0.15) is 12.5 Å². The van der Waals surface area contributed by atoms with E-state index in [0.29, 0.717) is 5.56 Å². The van der Waals surface area contributed by atoms with E-state index in [9.17, 15) is 14.0 Å². The molecule has 0 heterocycles. The van der Waals surface area contributed by atoms with Crippen LogP contribution in [0.5, 0.6) is 5.75 Å². The fourth-order valence-corrected chi connectivity index (χ4v) is 1.50. The molecule has 104 valence electrons. The second-order valence-corrected chi connectivity index (χ2v) is 4.16. The Morgan fingerprint density at radius 3 is 2.58 bits per heavy atom. The number of carbonyl (C=O) groups excluding carboxylic acids is 1. The van der Waals surface area contributed by atoms with Gasteiger partial charge in [0.25, 0.3) is 0 Å². The summed E-state index contributed by atoms with van der Waals surface area (Å²) in [7, 11) is 2.76. The second kappa shape index (κ2) is 6.17. The third-order valence-corrected chi connectivity index (χ3v) is 2.90. The summed E-state index contributed by atoms with van der Waals surface area (Å²) in [6, 6.07) is 3.28. The first-order chi connectivity index (χ1) is 8.86. The highest BCUT2D eigenvalue weighted by Gasteiger charge is 2.21. The molecule has 0 aliphatic rings. The van der Waals surface area contributed by atoms with Crippen molar-refractivity contribution in [3.63, 3.8) is 0 Å². The van der Waals surface area contributed by atoms with E-state index >= 15 is 0 Å². The lowest BCUT2D eigenvalue weighted by molar-refractivity contribution is -0.148. The predicted octanol–water partition coefficient (Wildman–Crippen LogP) is 1.31. The van der Waals surface area contributed by atoms with Crippen LogP contribution >= 0.6 is 0 Å². The maximum Gasteiger partial charge on any atom is 0.326 e. The minimum atomic E-state index is -1.09. The lowest BCUT2D eigenvalue weighted by Crippen LogP contribution is -2.41. The number of methoxy groups -OCH3 is 1. The molecule has 1 aromatic carbocycles. The minimum absolute atomic E-state index is 0.0605. The van der Waals surface area contributed by atoms with Crippen molar-refractivity contribution >= 4 is 11.9 Å². The molecule has 19 heavy (non-hydrogen) atoms. The molecule has 0 saturated carbocycles. The van der Waals surface area contributed by atoms with Crippen LogP contribution < -0.4 is 4.74 Å². The number of carbonyl (C=O) groups is 2. The molecule has 6 heteroatoms. The number of carboxylic acid groups (broad SMARTS) is 1. The predicted molar refractivity (Wildman–Crippen MR) is 66.5 cm³/mol. The normalized spacial score (nSPS) is 11.8. The number of ether oxygens (including phenoxy) is 1. The number of hydrogen-bond donors (Lipinski definition) is 1. The van der Waals surface area contributed by atoms with Crippen molar-refractivity contribution in [2.24, 2.45) is 0 Å². The van der Waals surface area contributed by atoms with E-state index in [-0.39, 0.29) is 18.1 Å². The molecule has 0 saturated heterocycles. The first-order valence-corrected chi connectivity index (χ1v) is 5.67. The van der Waals surface area contributed by atoms with Gasteiger partial charge in [0.1, 0.15) is 6.04 Å². The van der Waals surface area contributed by atoms with Crippen LogP contribution in [0.15, 0.2) is 18.2 Å². The molecule has 1 atom stereocenters. The Hall–Kier alpha value is -2.11. The molecule has 0 fully saturated rings. The van der Waals surface area contributed by atoms with E-state index in [2.05, 4.69) is 0 Å². The maximum absolute atomic E-state index is 13.4. The van der Waals surface area contributed by atoms with Crippen LogP contribution in [0, 0.1) is 5.82 Å². The van der Waals surface area contributed by atoms with Crippen LogP contribution in [0.4, 0.5) is 4.39 Å².